The van der Waals surface area contributed by atoms with Crippen molar-refractivity contribution in [3.8, 4) is 0 Å². The van der Waals surface area contributed by atoms with Gasteiger partial charge < -0.3 is 8.83 Å². The van der Waals surface area contributed by atoms with Crippen LogP contribution in [-0.4, -0.2) is 28.5 Å². The summed E-state index contributed by atoms with van der Waals surface area (Å²) < 4.78 is 49.2. The van der Waals surface area contributed by atoms with Crippen molar-refractivity contribution in [3.05, 3.63) is 35.2 Å². The van der Waals surface area contributed by atoms with Crippen LogP contribution in [-0.2, 0) is 19.1 Å². The minimum atomic E-state index is -4.42. The summed E-state index contributed by atoms with van der Waals surface area (Å²) in [6.45, 7) is 1.55. The van der Waals surface area contributed by atoms with E-state index in [9.17, 15) is 13.2 Å². The van der Waals surface area contributed by atoms with Gasteiger partial charge in [0.2, 0.25) is 0 Å². The van der Waals surface area contributed by atoms with Gasteiger partial charge in [-0.3, -0.25) is 10.2 Å². The molecule has 2 aromatic heterocycles. The molecule has 3 heterocycles. The van der Waals surface area contributed by atoms with Crippen LogP contribution < -0.4 is 5.32 Å². The van der Waals surface area contributed by atoms with Gasteiger partial charge in [-0.15, -0.1) is 0 Å². The average Bonchev–Trinajstić information content (AvgIpc) is 3.07. The van der Waals surface area contributed by atoms with E-state index >= 15 is 0 Å². The van der Waals surface area contributed by atoms with Crippen molar-refractivity contribution >= 4 is 23.1 Å². The molecule has 0 atom stereocenters. The third kappa shape index (κ3) is 2.71. The van der Waals surface area contributed by atoms with Crippen molar-refractivity contribution in [1.29, 1.82) is 0 Å². The second-order valence-corrected chi connectivity index (χ2v) is 5.70. The van der Waals surface area contributed by atoms with Crippen LogP contribution in [0.5, 0.6) is 0 Å². The Labute approximate surface area is 134 Å². The molecular weight excluding hydrogens is 325 g/mol. The molecule has 0 radical (unpaired) electrons. The van der Waals surface area contributed by atoms with Crippen LogP contribution in [0.2, 0.25) is 0 Å². The highest BCUT2D eigenvalue weighted by molar-refractivity contribution is 5.75. The lowest BCUT2D eigenvalue weighted by Gasteiger charge is -2.19. The van der Waals surface area contributed by atoms with Gasteiger partial charge in [-0.1, -0.05) is 0 Å². The monoisotopic (exact) mass is 338 g/mol. The first-order valence-electron chi connectivity index (χ1n) is 7.30. The van der Waals surface area contributed by atoms with Gasteiger partial charge in [0.25, 0.3) is 0 Å². The molecule has 3 aromatic rings. The number of fused-ring (bicyclic) bond motifs is 2. The molecule has 0 spiro atoms. The molecule has 0 fully saturated rings. The lowest BCUT2D eigenvalue weighted by molar-refractivity contribution is -0.137. The van der Waals surface area contributed by atoms with Gasteiger partial charge in [-0.05, 0) is 25.2 Å². The van der Waals surface area contributed by atoms with Gasteiger partial charge in [0.1, 0.15) is 11.3 Å². The van der Waals surface area contributed by atoms with E-state index in [1.807, 2.05) is 7.05 Å². The molecule has 0 saturated heterocycles. The maximum Gasteiger partial charge on any atom is 0.416 e. The molecule has 126 valence electrons. The number of nitrogens with zero attached hydrogens (tertiary/aromatic N) is 3. The second kappa shape index (κ2) is 5.23. The number of hydrogen-bond donors (Lipinski definition) is 1. The van der Waals surface area contributed by atoms with Crippen LogP contribution in [0, 0.1) is 0 Å². The van der Waals surface area contributed by atoms with Crippen molar-refractivity contribution in [2.24, 2.45) is 0 Å². The standard InChI is InChI=1S/C15H13F3N4O2/c1-22-5-4-9-12(7-22)24-13(19-9)21-14-20-10-6-8(15(16,17)18)2-3-11(10)23-14/h2-3,6H,4-5,7H2,1H3,(H,19,20,21). The van der Waals surface area contributed by atoms with Gasteiger partial charge in [-0.25, -0.2) is 0 Å². The zero-order valence-corrected chi connectivity index (χ0v) is 12.6. The molecular formula is C15H13F3N4O2. The van der Waals surface area contributed by atoms with E-state index in [-0.39, 0.29) is 23.1 Å². The quantitative estimate of drug-likeness (QED) is 0.770. The van der Waals surface area contributed by atoms with E-state index in [0.717, 1.165) is 36.6 Å². The number of benzene rings is 1. The van der Waals surface area contributed by atoms with Gasteiger partial charge in [-0.2, -0.15) is 23.1 Å². The zero-order chi connectivity index (χ0) is 16.9. The molecule has 1 aliphatic rings. The first kappa shape index (κ1) is 15.0. The average molecular weight is 338 g/mol. The van der Waals surface area contributed by atoms with E-state index < -0.39 is 11.7 Å². The minimum absolute atomic E-state index is 0.0382. The predicted molar refractivity (Wildman–Crippen MR) is 78.8 cm³/mol. The SMILES string of the molecule is CN1CCc2nc(Nc3nc4cc(C(F)(F)F)ccc4o3)oc2C1. The molecule has 0 saturated carbocycles. The maximum atomic E-state index is 12.7. The summed E-state index contributed by atoms with van der Waals surface area (Å²) >= 11 is 0. The van der Waals surface area contributed by atoms with Crippen molar-refractivity contribution in [2.45, 2.75) is 19.1 Å². The topological polar surface area (TPSA) is 67.3 Å². The highest BCUT2D eigenvalue weighted by Crippen LogP contribution is 2.32. The first-order chi connectivity index (χ1) is 11.4. The molecule has 0 amide bonds. The van der Waals surface area contributed by atoms with Gasteiger partial charge in [0.05, 0.1) is 17.8 Å². The van der Waals surface area contributed by atoms with Gasteiger partial charge in [0, 0.05) is 13.0 Å². The Morgan fingerprint density at radius 3 is 2.75 bits per heavy atom. The Morgan fingerprint density at radius 1 is 1.17 bits per heavy atom. The molecule has 0 bridgehead atoms. The van der Waals surface area contributed by atoms with E-state index in [4.69, 9.17) is 8.83 Å². The van der Waals surface area contributed by atoms with Crippen molar-refractivity contribution in [2.75, 3.05) is 18.9 Å². The molecule has 6 nitrogen and oxygen atoms in total. The van der Waals surface area contributed by atoms with E-state index in [2.05, 4.69) is 20.2 Å². The number of nitrogens with one attached hydrogen (secondary N) is 1. The number of aromatic nitrogens is 2. The molecule has 1 aliphatic heterocycles. The second-order valence-electron chi connectivity index (χ2n) is 5.70. The van der Waals surface area contributed by atoms with Gasteiger partial charge in [0.15, 0.2) is 5.58 Å². The van der Waals surface area contributed by atoms with E-state index in [1.165, 1.54) is 6.07 Å². The molecule has 1 N–H and O–H groups in total. The summed E-state index contributed by atoms with van der Waals surface area (Å²) in [5.74, 6) is 0.765. The van der Waals surface area contributed by atoms with Crippen molar-refractivity contribution in [1.82, 2.24) is 14.9 Å². The number of alkyl halides is 3. The summed E-state index contributed by atoms with van der Waals surface area (Å²) in [4.78, 5) is 10.4. The number of likely N-dealkylation sites (N-methyl/N-ethyl adjacent to an activating group) is 1. The molecule has 1 aromatic carbocycles. The molecule has 24 heavy (non-hydrogen) atoms. The normalized spacial score (nSPS) is 15.7. The van der Waals surface area contributed by atoms with Crippen LogP contribution >= 0.6 is 0 Å². The first-order valence-corrected chi connectivity index (χ1v) is 7.30. The summed E-state index contributed by atoms with van der Waals surface area (Å²) in [7, 11) is 1.98. The third-order valence-corrected chi connectivity index (χ3v) is 3.85. The van der Waals surface area contributed by atoms with Crippen LogP contribution in [0.4, 0.5) is 25.2 Å². The van der Waals surface area contributed by atoms with Crippen molar-refractivity contribution in [3.63, 3.8) is 0 Å². The number of rotatable bonds is 2. The largest absolute Gasteiger partial charge is 0.427 e. The molecule has 0 unspecified atom stereocenters. The van der Waals surface area contributed by atoms with Crippen LogP contribution in [0.25, 0.3) is 11.1 Å². The lowest BCUT2D eigenvalue weighted by Crippen LogP contribution is -2.25. The minimum Gasteiger partial charge on any atom is -0.427 e. The van der Waals surface area contributed by atoms with Crippen LogP contribution in [0.15, 0.2) is 27.0 Å². The van der Waals surface area contributed by atoms with Crippen LogP contribution in [0.3, 0.4) is 0 Å². The summed E-state index contributed by atoms with van der Waals surface area (Å²) in [5, 5.41) is 2.77. The van der Waals surface area contributed by atoms with Crippen molar-refractivity contribution < 1.29 is 22.0 Å². The summed E-state index contributed by atoms with van der Waals surface area (Å²) in [6, 6.07) is 3.40. The van der Waals surface area contributed by atoms with Crippen LogP contribution in [0.1, 0.15) is 17.0 Å². The van der Waals surface area contributed by atoms with E-state index in [1.54, 1.807) is 0 Å². The molecule has 4 rings (SSSR count). The Balaban J connectivity index is 1.61. The maximum absolute atomic E-state index is 12.7. The fourth-order valence-electron chi connectivity index (χ4n) is 2.63. The zero-order valence-electron chi connectivity index (χ0n) is 12.6. The number of anilines is 2. The van der Waals surface area contributed by atoms with Gasteiger partial charge >= 0.3 is 18.2 Å². The number of hydrogen-bond acceptors (Lipinski definition) is 6. The molecule has 0 aliphatic carbocycles. The fraction of sp³-hybridized carbons (Fsp3) is 0.333. The highest BCUT2D eigenvalue weighted by Gasteiger charge is 2.31. The lowest BCUT2D eigenvalue weighted by atomic mass is 10.2. The number of oxazole rings is 2. The predicted octanol–water partition coefficient (Wildman–Crippen LogP) is 3.57. The Kier molecular flexibility index (Phi) is 3.27. The Morgan fingerprint density at radius 2 is 1.96 bits per heavy atom. The molecule has 9 heteroatoms. The highest BCUT2D eigenvalue weighted by atomic mass is 19.4. The smallest absolute Gasteiger partial charge is 0.416 e. The third-order valence-electron chi connectivity index (χ3n) is 3.85. The Hall–Kier alpha value is -2.55. The Bertz CT molecular complexity index is 900. The summed E-state index contributed by atoms with van der Waals surface area (Å²) in [6.07, 6.45) is -3.64. The van der Waals surface area contributed by atoms with E-state index in [0.29, 0.717) is 6.54 Å². The fourth-order valence-corrected chi connectivity index (χ4v) is 2.63. The number of halogens is 3. The summed E-state index contributed by atoms with van der Waals surface area (Å²) in [5.41, 5.74) is 0.459.